The third kappa shape index (κ3) is 22.7. The number of unbranched alkanes of at least 4 members (excludes halogenated alkanes) is 11. The van der Waals surface area contributed by atoms with Crippen LogP contribution in [0.3, 0.4) is 0 Å². The van der Waals surface area contributed by atoms with E-state index >= 15 is 0 Å². The lowest BCUT2D eigenvalue weighted by Crippen LogP contribution is -2.62. The molecule has 0 bridgehead atoms. The zero-order valence-corrected chi connectivity index (χ0v) is 55.2. The molecule has 4 aliphatic rings. The Morgan fingerprint density at radius 3 is 1.94 bits per heavy atom. The van der Waals surface area contributed by atoms with E-state index in [0.29, 0.717) is 31.2 Å². The van der Waals surface area contributed by atoms with Crippen molar-refractivity contribution in [3.05, 3.63) is 0 Å². The SMILES string of the molecule is CC[C@H]1OC(=O)[C@H](C)[C@@H](O[C@H]2C[C@@](C)(OC)[C@@H](OC(C)=O)[C@H](C)O2)[C@H](C)[C@@H](OC2O[C@H](C)C[C@H](N(C)C)[C@H]2OC(=O)NCCCCCCCCCCCCCCN(C)C)C(C)(O)C[C@@H](C)/C(=N\OCCCC2CCCCC2)[C@H](C)[C@@H](O)[C@]1(C)O. The van der Waals surface area contributed by atoms with E-state index in [2.05, 4.69) is 24.3 Å². The lowest BCUT2D eigenvalue weighted by molar-refractivity contribution is -0.318. The van der Waals surface area contributed by atoms with Crippen LogP contribution in [0, 0.1) is 29.6 Å². The van der Waals surface area contributed by atoms with Gasteiger partial charge in [-0.2, -0.15) is 0 Å². The Balaban J connectivity index is 1.68. The molecular weight excluding hydrogens is 1080 g/mol. The highest BCUT2D eigenvalue weighted by molar-refractivity contribution is 5.88. The molecular formula is C65H120N4O15. The standard InChI is InChI=1S/C65H120N4O15/c1-17-52-65(11,75)57(71)45(4)54(67-77-39-33-36-50-34-29-28-30-35-50)43(2)41-63(9,74)58(46(5)55(47(6)60(72)81-52)82-53-42-64(10,76-16)59(48(7)79-53)80-49(8)70)84-61-56(51(69(14)15)40-44(3)78-61)83-62(73)66-37-31-26-24-22-20-18-19-21-23-25-27-32-38-68(12)13/h43-48,50-53,55-59,61,71,74-75H,17-42H2,1-16H3,(H,66,73)/b67-54+/t43-,44-,45+,46+,47-,48+,51+,52-,53+,55+,56-,57-,58-,59+,61?,63?,64-,65-/m1/s1. The number of hydrogen-bond donors (Lipinski definition) is 4. The van der Waals surface area contributed by atoms with Crippen molar-refractivity contribution in [3.63, 3.8) is 0 Å². The number of likely N-dealkylation sites (N-methyl/N-ethyl adjacent to an activating group) is 1. The molecule has 84 heavy (non-hydrogen) atoms. The number of methoxy groups -OCH3 is 1. The number of carbonyl (C=O) groups excluding carboxylic acids is 3. The average molecular weight is 1200 g/mol. The van der Waals surface area contributed by atoms with E-state index in [1.807, 2.05) is 39.8 Å². The fourth-order valence-electron chi connectivity index (χ4n) is 13.8. The predicted octanol–water partition coefficient (Wildman–Crippen LogP) is 10.5. The molecule has 0 aromatic carbocycles. The van der Waals surface area contributed by atoms with Crippen LogP contribution in [0.2, 0.25) is 0 Å². The number of aliphatic hydroxyl groups excluding tert-OH is 1. The lowest BCUT2D eigenvalue weighted by atomic mass is 9.73. The van der Waals surface area contributed by atoms with Crippen molar-refractivity contribution in [2.24, 2.45) is 34.7 Å². The van der Waals surface area contributed by atoms with Crippen molar-refractivity contribution in [1.82, 2.24) is 15.1 Å². The van der Waals surface area contributed by atoms with E-state index in [-0.39, 0.29) is 31.4 Å². The van der Waals surface area contributed by atoms with Crippen molar-refractivity contribution in [2.45, 2.75) is 308 Å². The molecule has 3 aliphatic heterocycles. The molecule has 1 aliphatic carbocycles. The van der Waals surface area contributed by atoms with E-state index < -0.39 is 114 Å². The van der Waals surface area contributed by atoms with Gasteiger partial charge in [-0.1, -0.05) is 129 Å². The van der Waals surface area contributed by atoms with Crippen LogP contribution >= 0.6 is 0 Å². The van der Waals surface area contributed by atoms with Crippen LogP contribution in [0.4, 0.5) is 4.79 Å². The minimum absolute atomic E-state index is 0.0140. The van der Waals surface area contributed by atoms with E-state index in [9.17, 15) is 29.7 Å². The Morgan fingerprint density at radius 2 is 1.37 bits per heavy atom. The van der Waals surface area contributed by atoms with Crippen LogP contribution in [-0.2, 0) is 52.3 Å². The number of rotatable bonds is 29. The number of aliphatic hydroxyl groups is 3. The molecule has 0 aromatic heterocycles. The first-order chi connectivity index (χ1) is 39.7. The minimum atomic E-state index is -1.97. The summed E-state index contributed by atoms with van der Waals surface area (Å²) in [7, 11) is 9.62. The van der Waals surface area contributed by atoms with E-state index in [1.165, 1.54) is 111 Å². The van der Waals surface area contributed by atoms with E-state index in [0.717, 1.165) is 38.6 Å². The number of esters is 2. The molecule has 18 atom stereocenters. The van der Waals surface area contributed by atoms with Crippen LogP contribution in [0.1, 0.15) is 224 Å². The molecule has 4 N–H and O–H groups in total. The molecule has 0 aromatic rings. The van der Waals surface area contributed by atoms with Crippen LogP contribution in [0.25, 0.3) is 0 Å². The summed E-state index contributed by atoms with van der Waals surface area (Å²) in [6.45, 7) is 20.8. The Bertz CT molecular complexity index is 1940. The smallest absolute Gasteiger partial charge is 0.407 e. The highest BCUT2D eigenvalue weighted by Crippen LogP contribution is 2.42. The molecule has 19 nitrogen and oxygen atoms in total. The molecule has 4 rings (SSSR count). The number of ether oxygens (including phenoxy) is 8. The first-order valence-corrected chi connectivity index (χ1v) is 32.8. The molecule has 490 valence electrons. The molecule has 1 amide bonds. The normalized spacial score (nSPS) is 36.5. The van der Waals surface area contributed by atoms with E-state index in [1.54, 1.807) is 41.5 Å². The Morgan fingerprint density at radius 1 is 0.762 bits per heavy atom. The van der Waals surface area contributed by atoms with Crippen LogP contribution in [-0.4, -0.2) is 188 Å². The number of nitrogens with zero attached hydrogens (tertiary/aromatic N) is 3. The second kappa shape index (κ2) is 36.1. The number of nitrogens with one attached hydrogen (secondary N) is 1. The zero-order valence-electron chi connectivity index (χ0n) is 55.2. The summed E-state index contributed by atoms with van der Waals surface area (Å²) in [5.74, 6) is -4.04. The van der Waals surface area contributed by atoms with Gasteiger partial charge in [0.1, 0.15) is 23.9 Å². The summed E-state index contributed by atoms with van der Waals surface area (Å²) in [5, 5.41) is 45.7. The second-order valence-corrected chi connectivity index (χ2v) is 27.0. The molecule has 0 radical (unpaired) electrons. The van der Waals surface area contributed by atoms with Crippen LogP contribution < -0.4 is 5.32 Å². The number of amides is 1. The summed E-state index contributed by atoms with van der Waals surface area (Å²) < 4.78 is 51.8. The highest BCUT2D eigenvalue weighted by atomic mass is 16.7. The maximum atomic E-state index is 14.9. The Kier molecular flexibility index (Phi) is 31.7. The largest absolute Gasteiger partial charge is 0.459 e. The molecule has 4 fully saturated rings. The van der Waals surface area contributed by atoms with Gasteiger partial charge >= 0.3 is 18.0 Å². The van der Waals surface area contributed by atoms with Crippen molar-refractivity contribution in [2.75, 3.05) is 55.0 Å². The Hall–Kier alpha value is -2.72. The van der Waals surface area contributed by atoms with Gasteiger partial charge in [0.25, 0.3) is 0 Å². The molecule has 1 saturated carbocycles. The highest BCUT2D eigenvalue weighted by Gasteiger charge is 2.55. The number of hydrogen-bond acceptors (Lipinski definition) is 18. The first kappa shape index (κ1) is 73.7. The topological polar surface area (TPSA) is 226 Å². The third-order valence-corrected chi connectivity index (χ3v) is 18.9. The van der Waals surface area contributed by atoms with Crippen LogP contribution in [0.5, 0.6) is 0 Å². The number of carbonyl (C=O) groups is 3. The summed E-state index contributed by atoms with van der Waals surface area (Å²) in [4.78, 5) is 51.5. The van der Waals surface area contributed by atoms with Crippen molar-refractivity contribution in [1.29, 1.82) is 0 Å². The Labute approximate surface area is 507 Å². The lowest BCUT2D eigenvalue weighted by Gasteiger charge is -2.49. The maximum absolute atomic E-state index is 14.9. The molecule has 3 saturated heterocycles. The van der Waals surface area contributed by atoms with Gasteiger partial charge in [0.05, 0.1) is 53.8 Å². The van der Waals surface area contributed by atoms with Gasteiger partial charge in [-0.15, -0.1) is 0 Å². The summed E-state index contributed by atoms with van der Waals surface area (Å²) in [6, 6.07) is -0.365. The van der Waals surface area contributed by atoms with Gasteiger partial charge in [0.2, 0.25) is 0 Å². The van der Waals surface area contributed by atoms with Gasteiger partial charge in [0.15, 0.2) is 24.8 Å². The van der Waals surface area contributed by atoms with Gasteiger partial charge < -0.3 is 73.2 Å². The fraction of sp³-hybridized carbons (Fsp3) is 0.938. The van der Waals surface area contributed by atoms with Gasteiger partial charge in [-0.05, 0) is 127 Å². The first-order valence-electron chi connectivity index (χ1n) is 32.8. The zero-order chi connectivity index (χ0) is 62.4. The molecule has 3 heterocycles. The summed E-state index contributed by atoms with van der Waals surface area (Å²) >= 11 is 0. The predicted molar refractivity (Wildman–Crippen MR) is 326 cm³/mol. The van der Waals surface area contributed by atoms with Crippen LogP contribution in [0.15, 0.2) is 5.16 Å². The van der Waals surface area contributed by atoms with Crippen molar-refractivity contribution < 1.29 is 72.4 Å². The fourth-order valence-corrected chi connectivity index (χ4v) is 13.8. The number of cyclic esters (lactones) is 1. The molecule has 0 spiro atoms. The van der Waals surface area contributed by atoms with Crippen molar-refractivity contribution in [3.8, 4) is 0 Å². The monoisotopic (exact) mass is 1200 g/mol. The minimum Gasteiger partial charge on any atom is -0.459 e. The quantitative estimate of drug-likeness (QED) is 0.0236. The van der Waals surface area contributed by atoms with Gasteiger partial charge in [-0.3, -0.25) is 9.59 Å². The summed E-state index contributed by atoms with van der Waals surface area (Å²) in [5.41, 5.74) is -4.47. The van der Waals surface area contributed by atoms with Gasteiger partial charge in [-0.25, -0.2) is 4.79 Å². The molecule has 2 unspecified atom stereocenters. The van der Waals surface area contributed by atoms with Gasteiger partial charge in [0, 0.05) is 44.8 Å². The number of oxime groups is 1. The number of alkyl carbamates (subject to hydrolysis) is 1. The third-order valence-electron chi connectivity index (χ3n) is 18.9. The second-order valence-electron chi connectivity index (χ2n) is 27.0. The molecule has 19 heteroatoms. The van der Waals surface area contributed by atoms with Crippen molar-refractivity contribution >= 4 is 23.7 Å². The summed E-state index contributed by atoms with van der Waals surface area (Å²) in [6.07, 6.45) is 12.3. The average Bonchev–Trinajstić information content (AvgIpc) is 3.59. The van der Waals surface area contributed by atoms with E-state index in [4.69, 9.17) is 47.9 Å². The maximum Gasteiger partial charge on any atom is 0.407 e.